The fourth-order valence-corrected chi connectivity index (χ4v) is 4.84. The van der Waals surface area contributed by atoms with E-state index in [9.17, 15) is 4.79 Å². The lowest BCUT2D eigenvalue weighted by atomic mass is 9.91. The zero-order valence-corrected chi connectivity index (χ0v) is 20.0. The van der Waals surface area contributed by atoms with Crippen LogP contribution in [-0.4, -0.2) is 23.7 Å². The largest absolute Gasteiger partial charge is 0.463 e. The molecule has 6 heteroatoms. The van der Waals surface area contributed by atoms with Gasteiger partial charge in [0.05, 0.1) is 17.0 Å². The summed E-state index contributed by atoms with van der Waals surface area (Å²) in [7, 11) is 1.79. The van der Waals surface area contributed by atoms with Gasteiger partial charge in [-0.1, -0.05) is 43.8 Å². The Balaban J connectivity index is 1.89. The molecule has 0 spiro atoms. The van der Waals surface area contributed by atoms with E-state index in [1.165, 1.54) is 5.57 Å². The minimum absolute atomic E-state index is 0.178. The lowest BCUT2D eigenvalue weighted by molar-refractivity contribution is 0.0963. The van der Waals surface area contributed by atoms with Crippen molar-refractivity contribution in [2.24, 2.45) is 10.9 Å². The quantitative estimate of drug-likeness (QED) is 0.471. The summed E-state index contributed by atoms with van der Waals surface area (Å²) in [5.41, 5.74) is 3.37. The third-order valence-corrected chi connectivity index (χ3v) is 6.63. The number of carbonyl (C=O) groups is 1. The van der Waals surface area contributed by atoms with E-state index in [1.54, 1.807) is 31.3 Å². The average molecular weight is 450 g/mol. The Bertz CT molecular complexity index is 1040. The summed E-state index contributed by atoms with van der Waals surface area (Å²) in [4.78, 5) is 22.7. The Morgan fingerprint density at radius 1 is 1.25 bits per heavy atom. The van der Waals surface area contributed by atoms with Gasteiger partial charge >= 0.3 is 0 Å². The summed E-state index contributed by atoms with van der Waals surface area (Å²) in [6.07, 6.45) is 13.7. The first-order valence-corrected chi connectivity index (χ1v) is 11.9. The van der Waals surface area contributed by atoms with E-state index in [0.717, 1.165) is 52.7 Å². The van der Waals surface area contributed by atoms with Crippen molar-refractivity contribution in [1.82, 2.24) is 10.3 Å². The normalized spacial score (nSPS) is 15.3. The Hall–Kier alpha value is -2.86. The highest BCUT2D eigenvalue weighted by Gasteiger charge is 2.21. The molecule has 0 radical (unpaired) electrons. The van der Waals surface area contributed by atoms with Crippen molar-refractivity contribution in [3.05, 3.63) is 87.5 Å². The second kappa shape index (κ2) is 11.7. The number of aryl methyl sites for hydroxylation is 1. The van der Waals surface area contributed by atoms with Gasteiger partial charge in [-0.25, -0.2) is 0 Å². The van der Waals surface area contributed by atoms with Gasteiger partial charge in [0.2, 0.25) is 0 Å². The molecule has 1 amide bonds. The van der Waals surface area contributed by atoms with E-state index in [0.29, 0.717) is 11.6 Å². The van der Waals surface area contributed by atoms with E-state index in [-0.39, 0.29) is 5.91 Å². The van der Waals surface area contributed by atoms with E-state index >= 15 is 0 Å². The number of thioether (sulfide) groups is 1. The summed E-state index contributed by atoms with van der Waals surface area (Å²) in [6.45, 7) is 6.32. The monoisotopic (exact) mass is 449 g/mol. The summed E-state index contributed by atoms with van der Waals surface area (Å²) < 4.78 is 5.60. The van der Waals surface area contributed by atoms with Gasteiger partial charge in [0.15, 0.2) is 5.76 Å². The van der Waals surface area contributed by atoms with Gasteiger partial charge < -0.3 is 9.73 Å². The van der Waals surface area contributed by atoms with E-state index < -0.39 is 0 Å². The molecule has 1 aliphatic heterocycles. The lowest BCUT2D eigenvalue weighted by Gasteiger charge is -2.21. The van der Waals surface area contributed by atoms with Crippen LogP contribution < -0.4 is 5.32 Å². The van der Waals surface area contributed by atoms with Crippen LogP contribution >= 0.6 is 11.8 Å². The van der Waals surface area contributed by atoms with Crippen LogP contribution in [0.1, 0.15) is 61.3 Å². The second-order valence-corrected chi connectivity index (χ2v) is 8.72. The van der Waals surface area contributed by atoms with Crippen molar-refractivity contribution in [1.29, 1.82) is 0 Å². The van der Waals surface area contributed by atoms with Gasteiger partial charge in [0.25, 0.3) is 5.91 Å². The highest BCUT2D eigenvalue weighted by molar-refractivity contribution is 8.06. The standard InChI is InChI=1S/C26H31N3O2S/c1-5-19(6-2)20(17-21(27-4)22-12-10-16-31-22)23-13-7-8-14-24(32-23)29-26(30)25-18(3)11-9-15-28-25/h9-17,19H,5-8H2,1-4H3,(H,29,30). The summed E-state index contributed by atoms with van der Waals surface area (Å²) >= 11 is 1.61. The van der Waals surface area contributed by atoms with Crippen LogP contribution in [-0.2, 0) is 0 Å². The number of aromatic nitrogens is 1. The molecule has 5 nitrogen and oxygen atoms in total. The van der Waals surface area contributed by atoms with Crippen LogP contribution in [0, 0.1) is 12.8 Å². The molecule has 168 valence electrons. The van der Waals surface area contributed by atoms with Crippen molar-refractivity contribution in [2.45, 2.75) is 46.5 Å². The van der Waals surface area contributed by atoms with Gasteiger partial charge in [-0.05, 0) is 73.9 Å². The third kappa shape index (κ3) is 5.88. The SMILES string of the molecule is CCC(CC)C(=CC(=NC)c1ccco1)C1=CCCC=C(NC(=O)c2ncccc2C)S1. The second-order valence-electron chi connectivity index (χ2n) is 7.64. The molecule has 3 heterocycles. The average Bonchev–Trinajstić information content (AvgIpc) is 3.24. The predicted molar refractivity (Wildman–Crippen MR) is 133 cm³/mol. The molecule has 0 aromatic carbocycles. The zero-order valence-electron chi connectivity index (χ0n) is 19.2. The number of nitrogens with one attached hydrogen (secondary N) is 1. The molecule has 0 saturated carbocycles. The van der Waals surface area contributed by atoms with Crippen molar-refractivity contribution in [3.8, 4) is 0 Å². The van der Waals surface area contributed by atoms with E-state index in [4.69, 9.17) is 4.42 Å². The number of amides is 1. The maximum Gasteiger partial charge on any atom is 0.274 e. The first kappa shape index (κ1) is 23.8. The Kier molecular flexibility index (Phi) is 8.68. The van der Waals surface area contributed by atoms with Crippen LogP contribution in [0.15, 0.2) is 79.9 Å². The topological polar surface area (TPSA) is 67.5 Å². The molecule has 2 aromatic heterocycles. The minimum atomic E-state index is -0.178. The van der Waals surface area contributed by atoms with Crippen molar-refractivity contribution < 1.29 is 9.21 Å². The van der Waals surface area contributed by atoms with E-state index in [2.05, 4.69) is 47.4 Å². The van der Waals surface area contributed by atoms with Gasteiger partial charge in [-0.2, -0.15) is 0 Å². The zero-order chi connectivity index (χ0) is 22.9. The summed E-state index contributed by atoms with van der Waals surface area (Å²) in [6, 6.07) is 7.54. The molecule has 0 atom stereocenters. The smallest absolute Gasteiger partial charge is 0.274 e. The van der Waals surface area contributed by atoms with Crippen LogP contribution in [0.5, 0.6) is 0 Å². The highest BCUT2D eigenvalue weighted by Crippen LogP contribution is 2.38. The maximum atomic E-state index is 12.9. The molecule has 1 N–H and O–H groups in total. The number of pyridine rings is 1. The Morgan fingerprint density at radius 3 is 2.69 bits per heavy atom. The number of hydrogen-bond donors (Lipinski definition) is 1. The molecule has 0 fully saturated rings. The third-order valence-electron chi connectivity index (χ3n) is 5.52. The Labute approximate surface area is 194 Å². The molecule has 0 aliphatic carbocycles. The van der Waals surface area contributed by atoms with Crippen LogP contribution in [0.4, 0.5) is 0 Å². The lowest BCUT2D eigenvalue weighted by Crippen LogP contribution is -2.23. The van der Waals surface area contributed by atoms with Gasteiger partial charge in [-0.3, -0.25) is 14.8 Å². The molecular formula is C26H31N3O2S. The van der Waals surface area contributed by atoms with Crippen LogP contribution in [0.3, 0.4) is 0 Å². The number of allylic oxidation sites excluding steroid dienone is 4. The predicted octanol–water partition coefficient (Wildman–Crippen LogP) is 6.45. The first-order chi connectivity index (χ1) is 15.6. The van der Waals surface area contributed by atoms with Crippen molar-refractivity contribution in [2.75, 3.05) is 7.05 Å². The van der Waals surface area contributed by atoms with Gasteiger partial charge in [0.1, 0.15) is 5.69 Å². The van der Waals surface area contributed by atoms with Crippen LogP contribution in [0.2, 0.25) is 0 Å². The minimum Gasteiger partial charge on any atom is -0.463 e. The molecule has 0 saturated heterocycles. The molecule has 3 rings (SSSR count). The molecular weight excluding hydrogens is 418 g/mol. The maximum absolute atomic E-state index is 12.9. The summed E-state index contributed by atoms with van der Waals surface area (Å²) in [5, 5.41) is 3.92. The number of rotatable bonds is 8. The fraction of sp³-hybridized carbons (Fsp3) is 0.346. The number of carbonyl (C=O) groups excluding carboxylic acids is 1. The molecule has 0 unspecified atom stereocenters. The van der Waals surface area contributed by atoms with Crippen molar-refractivity contribution >= 4 is 23.4 Å². The van der Waals surface area contributed by atoms with E-state index in [1.807, 2.05) is 31.2 Å². The molecule has 0 bridgehead atoms. The number of hydrogen-bond acceptors (Lipinski definition) is 5. The number of aliphatic imine (C=N–C) groups is 1. The fourth-order valence-electron chi connectivity index (χ4n) is 3.71. The summed E-state index contributed by atoms with van der Waals surface area (Å²) in [5.74, 6) is 0.959. The van der Waals surface area contributed by atoms with Crippen molar-refractivity contribution in [3.63, 3.8) is 0 Å². The number of nitrogens with zero attached hydrogens (tertiary/aromatic N) is 2. The number of furan rings is 1. The molecule has 32 heavy (non-hydrogen) atoms. The highest BCUT2D eigenvalue weighted by atomic mass is 32.2. The first-order valence-electron chi connectivity index (χ1n) is 11.1. The molecule has 1 aliphatic rings. The van der Waals surface area contributed by atoms with Gasteiger partial charge in [0, 0.05) is 18.1 Å². The molecule has 2 aromatic rings. The van der Waals surface area contributed by atoms with Crippen LogP contribution in [0.25, 0.3) is 0 Å². The van der Waals surface area contributed by atoms with Gasteiger partial charge in [-0.15, -0.1) is 0 Å². The Morgan fingerprint density at radius 2 is 2.03 bits per heavy atom.